The number of hydrogen-bond acceptors (Lipinski definition) is 2. The van der Waals surface area contributed by atoms with Crippen LogP contribution in [0.15, 0.2) is 18.2 Å². The molecule has 1 saturated carbocycles. The van der Waals surface area contributed by atoms with Crippen molar-refractivity contribution in [1.82, 2.24) is 0 Å². The van der Waals surface area contributed by atoms with Crippen molar-refractivity contribution < 1.29 is 9.84 Å². The van der Waals surface area contributed by atoms with Gasteiger partial charge in [0.25, 0.3) is 0 Å². The minimum absolute atomic E-state index is 0.307. The fourth-order valence-electron chi connectivity index (χ4n) is 2.57. The lowest BCUT2D eigenvalue weighted by Gasteiger charge is -2.19. The fraction of sp³-hybridized carbons (Fsp3) is 0.571. The van der Waals surface area contributed by atoms with E-state index in [0.29, 0.717) is 5.92 Å². The van der Waals surface area contributed by atoms with Gasteiger partial charge >= 0.3 is 0 Å². The van der Waals surface area contributed by atoms with Crippen molar-refractivity contribution in [2.24, 2.45) is 11.8 Å². The van der Waals surface area contributed by atoms with Crippen LogP contribution in [0.4, 0.5) is 0 Å². The van der Waals surface area contributed by atoms with E-state index in [0.717, 1.165) is 30.3 Å². The van der Waals surface area contributed by atoms with E-state index in [4.69, 9.17) is 4.74 Å². The van der Waals surface area contributed by atoms with Crippen molar-refractivity contribution in [3.8, 4) is 5.75 Å². The number of fused-ring (bicyclic) bond motifs is 1. The third-order valence-electron chi connectivity index (χ3n) is 3.92. The van der Waals surface area contributed by atoms with Crippen LogP contribution in [0.5, 0.6) is 5.75 Å². The Kier molecular flexibility index (Phi) is 2.40. The Morgan fingerprint density at radius 3 is 2.94 bits per heavy atom. The van der Waals surface area contributed by atoms with E-state index in [1.165, 1.54) is 18.4 Å². The molecule has 2 atom stereocenters. The third kappa shape index (κ3) is 1.71. The summed E-state index contributed by atoms with van der Waals surface area (Å²) >= 11 is 0. The van der Waals surface area contributed by atoms with E-state index < -0.39 is 0 Å². The van der Waals surface area contributed by atoms with Crippen LogP contribution >= 0.6 is 0 Å². The molecule has 1 heterocycles. The molecule has 0 aromatic heterocycles. The monoisotopic (exact) mass is 218 g/mol. The van der Waals surface area contributed by atoms with Gasteiger partial charge in [-0.05, 0) is 47.9 Å². The molecule has 0 spiro atoms. The molecule has 2 nitrogen and oxygen atoms in total. The molecule has 0 radical (unpaired) electrons. The molecule has 1 aromatic carbocycles. The minimum atomic E-state index is -0.307. The first-order valence-corrected chi connectivity index (χ1v) is 6.19. The predicted molar refractivity (Wildman–Crippen MR) is 62.5 cm³/mol. The largest absolute Gasteiger partial charge is 0.493 e. The van der Waals surface area contributed by atoms with Gasteiger partial charge in [-0.15, -0.1) is 0 Å². The molecular weight excluding hydrogens is 200 g/mol. The van der Waals surface area contributed by atoms with Gasteiger partial charge in [0.05, 0.1) is 12.7 Å². The zero-order valence-corrected chi connectivity index (χ0v) is 9.65. The first-order valence-electron chi connectivity index (χ1n) is 6.19. The molecule has 1 aliphatic carbocycles. The van der Waals surface area contributed by atoms with Crippen LogP contribution < -0.4 is 4.74 Å². The number of ether oxygens (including phenoxy) is 1. The lowest BCUT2D eigenvalue weighted by molar-refractivity contribution is 0.106. The standard InChI is InChI=1S/C14H18O2/c1-9(10-2-3-10)14(15)12-4-5-13-11(8-12)6-7-16-13/h4-5,8-10,14-15H,2-3,6-7H2,1H3. The van der Waals surface area contributed by atoms with Crippen molar-refractivity contribution in [2.75, 3.05) is 6.61 Å². The summed E-state index contributed by atoms with van der Waals surface area (Å²) < 4.78 is 5.47. The average molecular weight is 218 g/mol. The first kappa shape index (κ1) is 10.2. The molecule has 1 aliphatic heterocycles. The number of aliphatic hydroxyl groups excluding tert-OH is 1. The smallest absolute Gasteiger partial charge is 0.122 e. The summed E-state index contributed by atoms with van der Waals surface area (Å²) in [6.07, 6.45) is 3.24. The Balaban J connectivity index is 1.82. The van der Waals surface area contributed by atoms with E-state index in [-0.39, 0.29) is 6.10 Å². The molecule has 0 saturated heterocycles. The molecule has 2 aliphatic rings. The van der Waals surface area contributed by atoms with Crippen molar-refractivity contribution >= 4 is 0 Å². The lowest BCUT2D eigenvalue weighted by atomic mass is 9.92. The highest BCUT2D eigenvalue weighted by Gasteiger charge is 2.33. The summed E-state index contributed by atoms with van der Waals surface area (Å²) in [4.78, 5) is 0. The molecule has 0 bridgehead atoms. The molecule has 1 aromatic rings. The maximum absolute atomic E-state index is 10.3. The maximum Gasteiger partial charge on any atom is 0.122 e. The second-order valence-corrected chi connectivity index (χ2v) is 5.11. The molecular formula is C14H18O2. The van der Waals surface area contributed by atoms with Gasteiger partial charge in [0.15, 0.2) is 0 Å². The SMILES string of the molecule is CC(C1CC1)C(O)c1ccc2c(c1)CCO2. The first-order chi connectivity index (χ1) is 7.75. The predicted octanol–water partition coefficient (Wildman–Crippen LogP) is 2.70. The van der Waals surface area contributed by atoms with Gasteiger partial charge in [0.1, 0.15) is 5.75 Å². The molecule has 3 rings (SSSR count). The molecule has 16 heavy (non-hydrogen) atoms. The Morgan fingerprint density at radius 1 is 1.38 bits per heavy atom. The summed E-state index contributed by atoms with van der Waals surface area (Å²) in [6, 6.07) is 6.13. The molecule has 2 heteroatoms. The Bertz CT molecular complexity index is 396. The van der Waals surface area contributed by atoms with Crippen LogP contribution in [-0.4, -0.2) is 11.7 Å². The zero-order chi connectivity index (χ0) is 11.1. The maximum atomic E-state index is 10.3. The highest BCUT2D eigenvalue weighted by Crippen LogP contribution is 2.43. The average Bonchev–Trinajstić information content (AvgIpc) is 3.05. The van der Waals surface area contributed by atoms with Crippen molar-refractivity contribution in [1.29, 1.82) is 0 Å². The normalized spacial score (nSPS) is 22.4. The summed E-state index contributed by atoms with van der Waals surface area (Å²) in [5, 5.41) is 10.3. The second-order valence-electron chi connectivity index (χ2n) is 5.11. The van der Waals surface area contributed by atoms with Gasteiger partial charge in [-0.2, -0.15) is 0 Å². The molecule has 1 N–H and O–H groups in total. The topological polar surface area (TPSA) is 29.5 Å². The Morgan fingerprint density at radius 2 is 2.19 bits per heavy atom. The number of aliphatic hydroxyl groups is 1. The lowest BCUT2D eigenvalue weighted by Crippen LogP contribution is -2.11. The summed E-state index contributed by atoms with van der Waals surface area (Å²) in [5.41, 5.74) is 2.31. The van der Waals surface area contributed by atoms with Crippen LogP contribution in [0.2, 0.25) is 0 Å². The quantitative estimate of drug-likeness (QED) is 0.845. The molecule has 86 valence electrons. The van der Waals surface area contributed by atoms with E-state index in [2.05, 4.69) is 13.0 Å². The summed E-state index contributed by atoms with van der Waals surface area (Å²) in [5.74, 6) is 2.12. The van der Waals surface area contributed by atoms with Crippen LogP contribution in [0.1, 0.15) is 37.0 Å². The molecule has 0 amide bonds. The Hall–Kier alpha value is -1.02. The van der Waals surface area contributed by atoms with E-state index in [9.17, 15) is 5.11 Å². The van der Waals surface area contributed by atoms with E-state index in [1.54, 1.807) is 0 Å². The summed E-state index contributed by atoms with van der Waals surface area (Å²) in [6.45, 7) is 2.94. The van der Waals surface area contributed by atoms with Crippen LogP contribution in [-0.2, 0) is 6.42 Å². The van der Waals surface area contributed by atoms with Gasteiger partial charge in [0, 0.05) is 6.42 Å². The van der Waals surface area contributed by atoms with Crippen LogP contribution in [0.25, 0.3) is 0 Å². The van der Waals surface area contributed by atoms with Gasteiger partial charge in [-0.1, -0.05) is 13.0 Å². The fourth-order valence-corrected chi connectivity index (χ4v) is 2.57. The van der Waals surface area contributed by atoms with Gasteiger partial charge in [0.2, 0.25) is 0 Å². The zero-order valence-electron chi connectivity index (χ0n) is 9.65. The molecule has 2 unspecified atom stereocenters. The Labute approximate surface area is 96.2 Å². The van der Waals surface area contributed by atoms with E-state index in [1.807, 2.05) is 12.1 Å². The second kappa shape index (κ2) is 3.77. The van der Waals surface area contributed by atoms with Crippen LogP contribution in [0.3, 0.4) is 0 Å². The summed E-state index contributed by atoms with van der Waals surface area (Å²) in [7, 11) is 0. The van der Waals surface area contributed by atoms with Crippen LogP contribution in [0, 0.1) is 11.8 Å². The van der Waals surface area contributed by atoms with Gasteiger partial charge in [-0.3, -0.25) is 0 Å². The van der Waals surface area contributed by atoms with Crippen molar-refractivity contribution in [2.45, 2.75) is 32.3 Å². The van der Waals surface area contributed by atoms with Crippen molar-refractivity contribution in [3.63, 3.8) is 0 Å². The number of rotatable bonds is 3. The van der Waals surface area contributed by atoms with Crippen molar-refractivity contribution in [3.05, 3.63) is 29.3 Å². The number of hydrogen-bond donors (Lipinski definition) is 1. The minimum Gasteiger partial charge on any atom is -0.493 e. The van der Waals surface area contributed by atoms with Gasteiger partial charge in [-0.25, -0.2) is 0 Å². The molecule has 1 fully saturated rings. The highest BCUT2D eigenvalue weighted by molar-refractivity contribution is 5.40. The third-order valence-corrected chi connectivity index (χ3v) is 3.92. The number of benzene rings is 1. The van der Waals surface area contributed by atoms with E-state index >= 15 is 0 Å². The highest BCUT2D eigenvalue weighted by atomic mass is 16.5. The van der Waals surface area contributed by atoms with Gasteiger partial charge < -0.3 is 9.84 Å².